The Bertz CT molecular complexity index is 455. The molecule has 0 bridgehead atoms. The van der Waals surface area contributed by atoms with E-state index in [4.69, 9.17) is 14.2 Å². The van der Waals surface area contributed by atoms with E-state index < -0.39 is 36.3 Å². The number of aliphatic hydroxyl groups excluding tert-OH is 1. The molecular formula is C18H32O9. The Morgan fingerprint density at radius 2 is 1.04 bits per heavy atom. The molecule has 0 saturated carbocycles. The number of hydrogen-bond acceptors (Lipinski definition) is 9. The summed E-state index contributed by atoms with van der Waals surface area (Å²) in [6.07, 6.45) is 2.88. The highest BCUT2D eigenvalue weighted by molar-refractivity contribution is 5.73. The summed E-state index contributed by atoms with van der Waals surface area (Å²) in [7, 11) is 0. The normalized spacial score (nSPS) is 13.6. The van der Waals surface area contributed by atoms with Crippen molar-refractivity contribution < 1.29 is 43.9 Å². The summed E-state index contributed by atoms with van der Waals surface area (Å²) in [5.74, 6) is -9.44. The first-order valence-electron chi connectivity index (χ1n) is 9.39. The lowest BCUT2D eigenvalue weighted by atomic mass is 10.2. The van der Waals surface area contributed by atoms with Gasteiger partial charge in [0.1, 0.15) is 6.61 Å². The minimum atomic E-state index is -3.36. The average Bonchev–Trinajstić information content (AvgIpc) is 2.62. The Morgan fingerprint density at radius 1 is 0.704 bits per heavy atom. The van der Waals surface area contributed by atoms with Crippen LogP contribution in [0.25, 0.3) is 0 Å². The van der Waals surface area contributed by atoms with Crippen molar-refractivity contribution in [2.45, 2.75) is 90.3 Å². The molecule has 0 radical (unpaired) electrons. The first-order valence-corrected chi connectivity index (χ1v) is 9.39. The highest BCUT2D eigenvalue weighted by atomic mass is 16.9. The molecule has 0 saturated heterocycles. The molecule has 27 heavy (non-hydrogen) atoms. The standard InChI is InChI=1S/C18H32O9/c1-4-7-10-14(20)25-17(23,13-19)18(24,26-15(21)11-8-5-2)27-16(22)12-9-6-3/h19,23-24H,4-13H2,1-3H3. The van der Waals surface area contributed by atoms with Crippen LogP contribution >= 0.6 is 0 Å². The summed E-state index contributed by atoms with van der Waals surface area (Å²) in [6.45, 7) is 4.12. The van der Waals surface area contributed by atoms with Crippen molar-refractivity contribution in [1.29, 1.82) is 0 Å². The molecule has 3 N–H and O–H groups in total. The van der Waals surface area contributed by atoms with E-state index in [2.05, 4.69) is 0 Å². The summed E-state index contributed by atoms with van der Waals surface area (Å²) in [4.78, 5) is 35.7. The van der Waals surface area contributed by atoms with Crippen LogP contribution in [0.5, 0.6) is 0 Å². The molecule has 0 aliphatic carbocycles. The number of rotatable bonds is 14. The van der Waals surface area contributed by atoms with Crippen LogP contribution in [0.3, 0.4) is 0 Å². The van der Waals surface area contributed by atoms with Crippen LogP contribution in [-0.4, -0.2) is 51.6 Å². The van der Waals surface area contributed by atoms with Crippen molar-refractivity contribution in [3.05, 3.63) is 0 Å². The van der Waals surface area contributed by atoms with Crippen molar-refractivity contribution in [2.24, 2.45) is 0 Å². The summed E-state index contributed by atoms with van der Waals surface area (Å²) in [5.41, 5.74) is 0. The molecule has 0 aromatic carbocycles. The summed E-state index contributed by atoms with van der Waals surface area (Å²) >= 11 is 0. The van der Waals surface area contributed by atoms with Crippen molar-refractivity contribution >= 4 is 17.9 Å². The highest BCUT2D eigenvalue weighted by Gasteiger charge is 2.61. The van der Waals surface area contributed by atoms with Gasteiger partial charge in [0.2, 0.25) is 0 Å². The Morgan fingerprint density at radius 3 is 1.33 bits per heavy atom. The molecule has 1 atom stereocenters. The zero-order valence-corrected chi connectivity index (χ0v) is 16.4. The van der Waals surface area contributed by atoms with Gasteiger partial charge in [-0.05, 0) is 19.3 Å². The molecule has 9 heteroatoms. The Balaban J connectivity index is 5.49. The van der Waals surface area contributed by atoms with Crippen LogP contribution in [0.1, 0.15) is 78.6 Å². The SMILES string of the molecule is CCCCC(=O)OC(O)(CO)C(O)(OC(=O)CCCC)OC(=O)CCCC. The minimum absolute atomic E-state index is 0.109. The second-order valence-electron chi connectivity index (χ2n) is 6.26. The van der Waals surface area contributed by atoms with Crippen molar-refractivity contribution in [1.82, 2.24) is 0 Å². The molecular weight excluding hydrogens is 360 g/mol. The second kappa shape index (κ2) is 12.6. The predicted octanol–water partition coefficient (Wildman–Crippen LogP) is 1.51. The van der Waals surface area contributed by atoms with Crippen LogP contribution in [-0.2, 0) is 28.6 Å². The van der Waals surface area contributed by atoms with Gasteiger partial charge in [-0.25, -0.2) is 0 Å². The van der Waals surface area contributed by atoms with Gasteiger partial charge in [0, 0.05) is 19.3 Å². The van der Waals surface area contributed by atoms with Crippen LogP contribution in [0, 0.1) is 0 Å². The third-order valence-corrected chi connectivity index (χ3v) is 3.70. The zero-order valence-electron chi connectivity index (χ0n) is 16.4. The lowest BCUT2D eigenvalue weighted by Crippen LogP contribution is -2.63. The number of esters is 3. The van der Waals surface area contributed by atoms with E-state index in [1.807, 2.05) is 20.8 Å². The Hall–Kier alpha value is -1.71. The fourth-order valence-corrected chi connectivity index (χ4v) is 1.99. The summed E-state index contributed by atoms with van der Waals surface area (Å²) < 4.78 is 14.2. The minimum Gasteiger partial charge on any atom is -0.420 e. The molecule has 158 valence electrons. The average molecular weight is 392 g/mol. The molecule has 9 nitrogen and oxygen atoms in total. The van der Waals surface area contributed by atoms with E-state index in [-0.39, 0.29) is 19.3 Å². The Labute approximate surface area is 159 Å². The van der Waals surface area contributed by atoms with Crippen LogP contribution < -0.4 is 0 Å². The lowest BCUT2D eigenvalue weighted by Gasteiger charge is -2.38. The third-order valence-electron chi connectivity index (χ3n) is 3.70. The van der Waals surface area contributed by atoms with Crippen molar-refractivity contribution in [2.75, 3.05) is 6.61 Å². The van der Waals surface area contributed by atoms with Crippen LogP contribution in [0.4, 0.5) is 0 Å². The molecule has 0 spiro atoms. The molecule has 0 amide bonds. The number of carbonyl (C=O) groups excluding carboxylic acids is 3. The fraction of sp³-hybridized carbons (Fsp3) is 0.833. The van der Waals surface area contributed by atoms with Gasteiger partial charge in [0.25, 0.3) is 0 Å². The number of ether oxygens (including phenoxy) is 3. The molecule has 0 aromatic rings. The van der Waals surface area contributed by atoms with Crippen molar-refractivity contribution in [3.63, 3.8) is 0 Å². The third kappa shape index (κ3) is 8.68. The smallest absolute Gasteiger partial charge is 0.420 e. The monoisotopic (exact) mass is 392 g/mol. The quantitative estimate of drug-likeness (QED) is 0.296. The van der Waals surface area contributed by atoms with E-state index in [1.165, 1.54) is 0 Å². The molecule has 0 fully saturated rings. The van der Waals surface area contributed by atoms with E-state index in [0.29, 0.717) is 38.5 Å². The maximum absolute atomic E-state index is 11.9. The first kappa shape index (κ1) is 25.3. The maximum atomic E-state index is 11.9. The van der Waals surface area contributed by atoms with Gasteiger partial charge in [-0.2, -0.15) is 0 Å². The molecule has 1 unspecified atom stereocenters. The molecule has 0 aliphatic rings. The van der Waals surface area contributed by atoms with Crippen molar-refractivity contribution in [3.8, 4) is 0 Å². The molecule has 0 aliphatic heterocycles. The Kier molecular flexibility index (Phi) is 11.8. The van der Waals surface area contributed by atoms with E-state index in [9.17, 15) is 29.7 Å². The summed E-state index contributed by atoms with van der Waals surface area (Å²) in [5, 5.41) is 30.5. The number of unbranched alkanes of at least 4 members (excludes halogenated alkanes) is 3. The lowest BCUT2D eigenvalue weighted by molar-refractivity contribution is -0.448. The largest absolute Gasteiger partial charge is 0.446 e. The van der Waals surface area contributed by atoms with Crippen LogP contribution in [0.2, 0.25) is 0 Å². The van der Waals surface area contributed by atoms with Gasteiger partial charge in [0.15, 0.2) is 0 Å². The van der Waals surface area contributed by atoms with Gasteiger partial charge in [-0.3, -0.25) is 14.4 Å². The van der Waals surface area contributed by atoms with Gasteiger partial charge in [0.05, 0.1) is 0 Å². The summed E-state index contributed by atoms with van der Waals surface area (Å²) in [6, 6.07) is 0. The fourth-order valence-electron chi connectivity index (χ4n) is 1.99. The number of aliphatic hydroxyl groups is 3. The van der Waals surface area contributed by atoms with Gasteiger partial charge in [-0.1, -0.05) is 40.0 Å². The van der Waals surface area contributed by atoms with E-state index in [1.54, 1.807) is 0 Å². The van der Waals surface area contributed by atoms with E-state index in [0.717, 1.165) is 0 Å². The van der Waals surface area contributed by atoms with Gasteiger partial charge in [-0.15, -0.1) is 0 Å². The van der Waals surface area contributed by atoms with Gasteiger partial charge >= 0.3 is 29.7 Å². The molecule has 0 rings (SSSR count). The number of carbonyl (C=O) groups is 3. The topological polar surface area (TPSA) is 140 Å². The van der Waals surface area contributed by atoms with E-state index >= 15 is 0 Å². The maximum Gasteiger partial charge on any atom is 0.446 e. The molecule has 0 aromatic heterocycles. The highest BCUT2D eigenvalue weighted by Crippen LogP contribution is 2.29. The number of hydrogen-bond donors (Lipinski definition) is 3. The predicted molar refractivity (Wildman–Crippen MR) is 93.8 cm³/mol. The second-order valence-corrected chi connectivity index (χ2v) is 6.26. The van der Waals surface area contributed by atoms with Gasteiger partial charge < -0.3 is 29.5 Å². The first-order chi connectivity index (χ1) is 12.7. The zero-order chi connectivity index (χ0) is 20.9. The van der Waals surface area contributed by atoms with Crippen LogP contribution in [0.15, 0.2) is 0 Å². The molecule has 0 heterocycles.